The van der Waals surface area contributed by atoms with Crippen LogP contribution in [0.3, 0.4) is 0 Å². The molecule has 6 heteroatoms. The van der Waals surface area contributed by atoms with E-state index in [1.54, 1.807) is 20.8 Å². The fraction of sp³-hybridized carbons (Fsp3) is 0.270. The average Bonchev–Trinajstić information content (AvgIpc) is 2.99. The molecule has 0 aliphatic heterocycles. The summed E-state index contributed by atoms with van der Waals surface area (Å²) in [5.74, 6) is 0.149. The molecule has 0 unspecified atom stereocenters. The molecule has 0 spiro atoms. The van der Waals surface area contributed by atoms with Crippen LogP contribution >= 0.6 is 0 Å². The lowest BCUT2D eigenvalue weighted by molar-refractivity contribution is 0.100. The maximum atomic E-state index is 12.1. The van der Waals surface area contributed by atoms with Gasteiger partial charge in [0.1, 0.15) is 0 Å². The molecule has 0 amide bonds. The molecule has 0 saturated carbocycles. The van der Waals surface area contributed by atoms with Crippen LogP contribution in [-0.2, 0) is 26.1 Å². The molecule has 2 N–H and O–H groups in total. The second-order valence-corrected chi connectivity index (χ2v) is 11.2. The van der Waals surface area contributed by atoms with Gasteiger partial charge in [-0.3, -0.25) is 24.2 Å². The van der Waals surface area contributed by atoms with Gasteiger partial charge in [0.05, 0.1) is 0 Å². The number of carbonyl (C=O) groups is 3. The predicted octanol–water partition coefficient (Wildman–Crippen LogP) is 6.62. The zero-order valence-electron chi connectivity index (χ0n) is 25.4. The highest BCUT2D eigenvalue weighted by Crippen LogP contribution is 2.16. The summed E-state index contributed by atoms with van der Waals surface area (Å²) in [4.78, 5) is 40.9. The number of ketones is 3. The first-order chi connectivity index (χ1) is 20.7. The van der Waals surface area contributed by atoms with E-state index in [1.807, 2.05) is 66.7 Å². The molecule has 43 heavy (non-hydrogen) atoms. The standard InChI is InChI=1S/C37H41N3O3/c1-27(41)34-10-4-7-31(21-34)24-39(18-17-30-13-15-37(38)16-14-30)19-20-40(25-32-8-5-11-35(22-32)28(2)42)26-33-9-6-12-36(23-33)29(3)43/h4-16,21-23H,17-20,24-26,38H2,1-3H3. The SMILES string of the molecule is CC(=O)c1cccc(CN(CCc2ccc(N)cc2)CCN(Cc2cccc(C(C)=O)c2)Cc2cccc(C(C)=O)c2)c1. The van der Waals surface area contributed by atoms with Crippen molar-refractivity contribution in [3.05, 3.63) is 136 Å². The van der Waals surface area contributed by atoms with Crippen LogP contribution in [0.5, 0.6) is 0 Å². The fourth-order valence-corrected chi connectivity index (χ4v) is 5.18. The predicted molar refractivity (Wildman–Crippen MR) is 173 cm³/mol. The van der Waals surface area contributed by atoms with Gasteiger partial charge < -0.3 is 5.73 Å². The molecule has 0 atom stereocenters. The van der Waals surface area contributed by atoms with Crippen molar-refractivity contribution in [1.29, 1.82) is 0 Å². The monoisotopic (exact) mass is 575 g/mol. The van der Waals surface area contributed by atoms with Crippen LogP contribution in [0.25, 0.3) is 0 Å². The molecule has 0 heterocycles. The first-order valence-corrected chi connectivity index (χ1v) is 14.7. The molecule has 222 valence electrons. The molecule has 0 aromatic heterocycles. The van der Waals surface area contributed by atoms with E-state index in [0.29, 0.717) is 36.3 Å². The second kappa shape index (κ2) is 15.2. The van der Waals surface area contributed by atoms with E-state index in [-0.39, 0.29) is 17.3 Å². The van der Waals surface area contributed by atoms with Crippen LogP contribution in [0.4, 0.5) is 5.69 Å². The number of nitrogens with two attached hydrogens (primary N) is 1. The third-order valence-corrected chi connectivity index (χ3v) is 7.65. The Morgan fingerprint density at radius 1 is 0.512 bits per heavy atom. The Hall–Kier alpha value is -4.39. The van der Waals surface area contributed by atoms with Gasteiger partial charge in [0.2, 0.25) is 0 Å². The van der Waals surface area contributed by atoms with Gasteiger partial charge in [0.25, 0.3) is 0 Å². The lowest BCUT2D eigenvalue weighted by Gasteiger charge is -2.28. The summed E-state index contributed by atoms with van der Waals surface area (Å²) in [7, 11) is 0. The van der Waals surface area contributed by atoms with Gasteiger partial charge in [-0.05, 0) is 79.8 Å². The number of Topliss-reactive ketones (excluding diaryl/α,β-unsaturated/α-hetero) is 3. The van der Waals surface area contributed by atoms with Crippen molar-refractivity contribution in [2.75, 3.05) is 25.4 Å². The van der Waals surface area contributed by atoms with Crippen LogP contribution in [0.1, 0.15) is 74.1 Å². The molecule has 0 bridgehead atoms. The number of nitrogen functional groups attached to an aromatic ring is 1. The summed E-state index contributed by atoms with van der Waals surface area (Å²) in [6.07, 6.45) is 0.869. The number of rotatable bonds is 15. The Balaban J connectivity index is 1.56. The topological polar surface area (TPSA) is 83.7 Å². The Morgan fingerprint density at radius 3 is 1.33 bits per heavy atom. The number of anilines is 1. The Kier molecular flexibility index (Phi) is 11.1. The van der Waals surface area contributed by atoms with E-state index in [2.05, 4.69) is 40.1 Å². The molecule has 0 fully saturated rings. The number of hydrogen-bond acceptors (Lipinski definition) is 6. The molecular formula is C37H41N3O3. The lowest BCUT2D eigenvalue weighted by atomic mass is 10.1. The smallest absolute Gasteiger partial charge is 0.159 e. The Morgan fingerprint density at radius 2 is 0.907 bits per heavy atom. The summed E-state index contributed by atoms with van der Waals surface area (Å²) in [5.41, 5.74) is 13.2. The number of carbonyl (C=O) groups excluding carboxylic acids is 3. The van der Waals surface area contributed by atoms with Crippen LogP contribution < -0.4 is 5.73 Å². The summed E-state index contributed by atoms with van der Waals surface area (Å²) < 4.78 is 0. The van der Waals surface area contributed by atoms with Gasteiger partial charge in [0, 0.05) is 61.6 Å². The minimum Gasteiger partial charge on any atom is -0.399 e. The Labute approximate surface area is 255 Å². The third kappa shape index (κ3) is 9.84. The highest BCUT2D eigenvalue weighted by atomic mass is 16.1. The van der Waals surface area contributed by atoms with Crippen molar-refractivity contribution in [1.82, 2.24) is 9.80 Å². The average molecular weight is 576 g/mol. The first-order valence-electron chi connectivity index (χ1n) is 14.7. The summed E-state index contributed by atoms with van der Waals surface area (Å²) in [6.45, 7) is 9.20. The molecule has 0 aliphatic carbocycles. The maximum absolute atomic E-state index is 12.1. The first kappa shape index (κ1) is 31.5. The van der Waals surface area contributed by atoms with Crippen molar-refractivity contribution in [3.8, 4) is 0 Å². The normalized spacial score (nSPS) is 11.2. The highest BCUT2D eigenvalue weighted by molar-refractivity contribution is 5.95. The van der Waals surface area contributed by atoms with E-state index in [1.165, 1.54) is 5.56 Å². The van der Waals surface area contributed by atoms with Gasteiger partial charge in [0.15, 0.2) is 17.3 Å². The van der Waals surface area contributed by atoms with Gasteiger partial charge >= 0.3 is 0 Å². The maximum Gasteiger partial charge on any atom is 0.159 e. The van der Waals surface area contributed by atoms with E-state index in [4.69, 9.17) is 5.73 Å². The van der Waals surface area contributed by atoms with Gasteiger partial charge in [-0.25, -0.2) is 0 Å². The van der Waals surface area contributed by atoms with Gasteiger partial charge in [-0.15, -0.1) is 0 Å². The van der Waals surface area contributed by atoms with E-state index in [0.717, 1.165) is 48.4 Å². The number of benzene rings is 4. The number of nitrogens with zero attached hydrogens (tertiary/aromatic N) is 2. The van der Waals surface area contributed by atoms with Crippen LogP contribution in [0.15, 0.2) is 97.1 Å². The summed E-state index contributed by atoms with van der Waals surface area (Å²) in [5, 5.41) is 0. The summed E-state index contributed by atoms with van der Waals surface area (Å²) in [6, 6.07) is 31.5. The molecule has 4 aromatic carbocycles. The molecular weight excluding hydrogens is 534 g/mol. The van der Waals surface area contributed by atoms with Gasteiger partial charge in [-0.2, -0.15) is 0 Å². The van der Waals surface area contributed by atoms with Crippen molar-refractivity contribution in [3.63, 3.8) is 0 Å². The molecule has 0 aliphatic rings. The zero-order chi connectivity index (χ0) is 30.8. The largest absolute Gasteiger partial charge is 0.399 e. The minimum atomic E-state index is 0.0456. The van der Waals surface area contributed by atoms with Crippen LogP contribution in [0.2, 0.25) is 0 Å². The van der Waals surface area contributed by atoms with Crippen molar-refractivity contribution >= 4 is 23.0 Å². The highest BCUT2D eigenvalue weighted by Gasteiger charge is 2.14. The van der Waals surface area contributed by atoms with E-state index < -0.39 is 0 Å². The number of hydrogen-bond donors (Lipinski definition) is 1. The quantitative estimate of drug-likeness (QED) is 0.127. The van der Waals surface area contributed by atoms with E-state index in [9.17, 15) is 14.4 Å². The second-order valence-electron chi connectivity index (χ2n) is 11.2. The molecule has 0 saturated heterocycles. The molecule has 6 nitrogen and oxygen atoms in total. The van der Waals surface area contributed by atoms with Crippen molar-refractivity contribution in [2.24, 2.45) is 0 Å². The van der Waals surface area contributed by atoms with E-state index >= 15 is 0 Å². The zero-order valence-corrected chi connectivity index (χ0v) is 25.4. The van der Waals surface area contributed by atoms with Crippen LogP contribution in [0, 0.1) is 0 Å². The van der Waals surface area contributed by atoms with Crippen molar-refractivity contribution in [2.45, 2.75) is 46.8 Å². The van der Waals surface area contributed by atoms with Crippen LogP contribution in [-0.4, -0.2) is 46.8 Å². The third-order valence-electron chi connectivity index (χ3n) is 7.65. The lowest BCUT2D eigenvalue weighted by Crippen LogP contribution is -2.35. The molecule has 4 aromatic rings. The molecule has 0 radical (unpaired) electrons. The molecule has 4 rings (SSSR count). The Bertz CT molecular complexity index is 1500. The van der Waals surface area contributed by atoms with Crippen molar-refractivity contribution < 1.29 is 14.4 Å². The fourth-order valence-electron chi connectivity index (χ4n) is 5.18. The minimum absolute atomic E-state index is 0.0456. The van der Waals surface area contributed by atoms with Gasteiger partial charge in [-0.1, -0.05) is 66.7 Å². The summed E-state index contributed by atoms with van der Waals surface area (Å²) >= 11 is 0.